The van der Waals surface area contributed by atoms with E-state index in [1.807, 2.05) is 0 Å². The van der Waals surface area contributed by atoms with Crippen molar-refractivity contribution in [2.24, 2.45) is 0 Å². The Hall–Kier alpha value is 0.0731. The van der Waals surface area contributed by atoms with Gasteiger partial charge in [-0.25, -0.2) is 0 Å². The topological polar surface area (TPSA) is 0 Å². The fourth-order valence-corrected chi connectivity index (χ4v) is 4.07. The summed E-state index contributed by atoms with van der Waals surface area (Å²) in [4.78, 5) is 0. The van der Waals surface area contributed by atoms with E-state index in [0.29, 0.717) is 0 Å². The molecule has 0 atom stereocenters. The van der Waals surface area contributed by atoms with Crippen LogP contribution in [0.15, 0.2) is 46.8 Å². The molecule has 23 heavy (non-hydrogen) atoms. The van der Waals surface area contributed by atoms with E-state index in [-0.39, 0.29) is 51.0 Å². The Morgan fingerprint density at radius 1 is 0.826 bits per heavy atom. The number of rotatable bonds is 3. The normalized spacial score (nSPS) is 15.6. The van der Waals surface area contributed by atoms with Gasteiger partial charge >= 0.3 is 26.2 Å². The smallest absolute Gasteiger partial charge is 1.00 e. The van der Waals surface area contributed by atoms with Gasteiger partial charge in [-0.1, -0.05) is 40.3 Å². The first-order chi connectivity index (χ1) is 9.62. The summed E-state index contributed by atoms with van der Waals surface area (Å²) in [5, 5.41) is 2.97. The van der Waals surface area contributed by atoms with Crippen molar-refractivity contribution < 1.29 is 51.0 Å². The molecule has 0 spiro atoms. The Labute approximate surface area is 173 Å². The van der Waals surface area contributed by atoms with Crippen molar-refractivity contribution in [2.75, 3.05) is 0 Å². The molecule has 0 amide bonds. The maximum Gasteiger partial charge on any atom is 2.00 e. The molecule has 2 aliphatic rings. The van der Waals surface area contributed by atoms with Gasteiger partial charge < -0.3 is 24.8 Å². The second kappa shape index (κ2) is 9.53. The minimum absolute atomic E-state index is 0. The molecule has 1 aliphatic heterocycles. The monoisotopic (exact) mass is 440 g/mol. The number of halogens is 2. The fraction of sp³-hybridized carbons (Fsp3) is 0.316. The van der Waals surface area contributed by atoms with Gasteiger partial charge in [-0.2, -0.15) is 0 Å². The van der Waals surface area contributed by atoms with Gasteiger partial charge in [0.1, 0.15) is 0 Å². The molecule has 0 saturated carbocycles. The third-order valence-corrected chi connectivity index (χ3v) is 5.40. The molecule has 0 radical (unpaired) electrons. The molecule has 1 aliphatic carbocycles. The molecule has 0 fully saturated rings. The average molecular weight is 442 g/mol. The Morgan fingerprint density at radius 2 is 1.39 bits per heavy atom. The van der Waals surface area contributed by atoms with Crippen LogP contribution in [0.5, 0.6) is 0 Å². The number of hydrogen-bond acceptors (Lipinski definition) is 0. The van der Waals surface area contributed by atoms with Gasteiger partial charge in [0.05, 0.1) is 0 Å². The first-order valence-corrected chi connectivity index (χ1v) is 8.35. The summed E-state index contributed by atoms with van der Waals surface area (Å²) in [7, 11) is 1.39. The van der Waals surface area contributed by atoms with Gasteiger partial charge in [0.25, 0.3) is 0 Å². The third-order valence-electron chi connectivity index (χ3n) is 4.10. The van der Waals surface area contributed by atoms with Crippen molar-refractivity contribution in [2.45, 2.75) is 40.5 Å². The Kier molecular flexibility index (Phi) is 9.56. The predicted octanol–water partition coefficient (Wildman–Crippen LogP) is -0.434. The number of aryl methyl sites for hydroxylation is 2. The first-order valence-electron chi connectivity index (χ1n) is 7.46. The molecular weight excluding hydrogens is 421 g/mol. The van der Waals surface area contributed by atoms with E-state index in [0.717, 1.165) is 12.8 Å². The quantitative estimate of drug-likeness (QED) is 0.558. The van der Waals surface area contributed by atoms with Crippen LogP contribution >= 0.6 is 8.20 Å². The first kappa shape index (κ1) is 23.1. The molecule has 4 heteroatoms. The molecule has 1 aromatic rings. The van der Waals surface area contributed by atoms with E-state index in [4.69, 9.17) is 0 Å². The second-order valence-electron chi connectivity index (χ2n) is 5.65. The van der Waals surface area contributed by atoms with Gasteiger partial charge in [-0.3, -0.25) is 0 Å². The van der Waals surface area contributed by atoms with Crippen LogP contribution in [0.3, 0.4) is 0 Å². The van der Waals surface area contributed by atoms with E-state index in [9.17, 15) is 0 Å². The molecule has 0 aromatic heterocycles. The van der Waals surface area contributed by atoms with Crippen LogP contribution in [0.1, 0.15) is 44.4 Å². The second-order valence-corrected chi connectivity index (χ2v) is 7.02. The summed E-state index contributed by atoms with van der Waals surface area (Å²) in [5.41, 5.74) is 8.60. The van der Waals surface area contributed by atoms with E-state index < -0.39 is 0 Å². The predicted molar refractivity (Wildman–Crippen MR) is 91.6 cm³/mol. The molecule has 0 bridgehead atoms. The van der Waals surface area contributed by atoms with Crippen LogP contribution in [-0.2, 0) is 39.0 Å². The van der Waals surface area contributed by atoms with E-state index >= 15 is 0 Å². The summed E-state index contributed by atoms with van der Waals surface area (Å²) < 4.78 is 0. The van der Waals surface area contributed by atoms with E-state index in [1.54, 1.807) is 0 Å². The molecule has 0 nitrogen and oxygen atoms in total. The maximum absolute atomic E-state index is 2.37. The zero-order valence-electron chi connectivity index (χ0n) is 14.0. The number of benzene rings is 1. The van der Waals surface area contributed by atoms with E-state index in [1.165, 1.54) is 52.2 Å². The number of fused-ring (bicyclic) bond motifs is 1. The minimum atomic E-state index is 0. The van der Waals surface area contributed by atoms with Crippen molar-refractivity contribution in [1.29, 1.82) is 0 Å². The molecule has 1 heterocycles. The Balaban J connectivity index is 0.00000161. The van der Waals surface area contributed by atoms with Gasteiger partial charge in [0, 0.05) is 5.31 Å². The Bertz CT molecular complexity index is 690. The van der Waals surface area contributed by atoms with Gasteiger partial charge in [0.15, 0.2) is 0 Å². The summed E-state index contributed by atoms with van der Waals surface area (Å²) in [5.74, 6) is 0. The largest absolute Gasteiger partial charge is 2.00 e. The molecular formula is C19H21Cl2PZr. The van der Waals surface area contributed by atoms with Crippen molar-refractivity contribution in [3.63, 3.8) is 0 Å². The number of hydrogen-bond donors (Lipinski definition) is 0. The minimum Gasteiger partial charge on any atom is -1.00 e. The summed E-state index contributed by atoms with van der Waals surface area (Å²) in [6.45, 7) is 8.95. The van der Waals surface area contributed by atoms with Crippen molar-refractivity contribution in [3.8, 4) is 0 Å². The van der Waals surface area contributed by atoms with Crippen LogP contribution in [0.25, 0.3) is 5.57 Å². The molecule has 0 unspecified atom stereocenters. The molecule has 0 saturated heterocycles. The van der Waals surface area contributed by atoms with Gasteiger partial charge in [0.2, 0.25) is 0 Å². The van der Waals surface area contributed by atoms with Crippen molar-refractivity contribution in [1.82, 2.24) is 0 Å². The van der Waals surface area contributed by atoms with Crippen LogP contribution in [-0.4, -0.2) is 5.29 Å². The summed E-state index contributed by atoms with van der Waals surface area (Å²) in [6, 6.07) is 7.08. The van der Waals surface area contributed by atoms with Gasteiger partial charge in [-0.15, -0.1) is 0 Å². The maximum atomic E-state index is 2.37. The summed E-state index contributed by atoms with van der Waals surface area (Å²) in [6.07, 6.45) is 6.95. The van der Waals surface area contributed by atoms with Crippen LogP contribution < -0.4 is 24.8 Å². The van der Waals surface area contributed by atoms with Crippen molar-refractivity contribution >= 4 is 19.1 Å². The fourth-order valence-electron chi connectivity index (χ4n) is 2.98. The molecule has 120 valence electrons. The van der Waals surface area contributed by atoms with Crippen LogP contribution in [0, 0.1) is 0 Å². The molecule has 0 N–H and O–H groups in total. The standard InChI is InChI=1S/C19H21P.2ClH.Zr/c1-5-14-9-15(6-2)11-16(10-14)17-7-12(3)19-18(17)8-13(4)20-19;;;/h7-11H,5-6H2,1-4H3;2*1H;/q;;;+2/p-2. The van der Waals surface area contributed by atoms with E-state index in [2.05, 4.69) is 58.0 Å². The zero-order valence-corrected chi connectivity index (χ0v) is 18.9. The molecule has 3 rings (SSSR count). The van der Waals surface area contributed by atoms with Crippen LogP contribution in [0.4, 0.5) is 0 Å². The van der Waals surface area contributed by atoms with Crippen molar-refractivity contribution in [3.05, 3.63) is 63.5 Å². The number of allylic oxidation sites excluding steroid dienone is 6. The molecule has 1 aromatic carbocycles. The summed E-state index contributed by atoms with van der Waals surface area (Å²) >= 11 is 0. The average Bonchev–Trinajstić information content (AvgIpc) is 2.97. The third kappa shape index (κ3) is 4.58. The Morgan fingerprint density at radius 3 is 1.91 bits per heavy atom. The zero-order chi connectivity index (χ0) is 14.3. The SMILES string of the molecule is CCc1cc(CC)cc(C2=CC(C)=C3P=C(C)C=C23)c1.[Cl-].[Cl-].[Zr+2]. The van der Waals surface area contributed by atoms with Gasteiger partial charge in [-0.05, 0) is 77.5 Å². The van der Waals surface area contributed by atoms with Crippen LogP contribution in [0.2, 0.25) is 0 Å².